The lowest BCUT2D eigenvalue weighted by Crippen LogP contribution is -2.32. The number of carbonyl (C=O) groups excluding carboxylic acids is 1. The quantitative estimate of drug-likeness (QED) is 0.503. The van der Waals surface area contributed by atoms with Crippen molar-refractivity contribution in [2.24, 2.45) is 0 Å². The number of amides is 1. The molecular formula is C19H19N7O. The van der Waals surface area contributed by atoms with Crippen molar-refractivity contribution < 1.29 is 4.79 Å². The van der Waals surface area contributed by atoms with Gasteiger partial charge in [-0.15, -0.1) is 0 Å². The van der Waals surface area contributed by atoms with Crippen LogP contribution in [0.3, 0.4) is 0 Å². The first-order valence-electron chi connectivity index (χ1n) is 8.73. The van der Waals surface area contributed by atoms with Gasteiger partial charge in [-0.05, 0) is 30.2 Å². The maximum absolute atomic E-state index is 13.1. The van der Waals surface area contributed by atoms with Crippen LogP contribution in [-0.4, -0.2) is 46.3 Å². The molecule has 0 spiro atoms. The number of hydrogen-bond acceptors (Lipinski definition) is 5. The molecule has 8 heteroatoms. The molecule has 0 aliphatic heterocycles. The van der Waals surface area contributed by atoms with Gasteiger partial charge in [0.25, 0.3) is 5.91 Å². The Balaban J connectivity index is 1.52. The number of pyridine rings is 1. The summed E-state index contributed by atoms with van der Waals surface area (Å²) in [6.07, 6.45) is 15.0. The van der Waals surface area contributed by atoms with Gasteiger partial charge in [-0.3, -0.25) is 14.2 Å². The van der Waals surface area contributed by atoms with Gasteiger partial charge < -0.3 is 9.47 Å². The fourth-order valence-electron chi connectivity index (χ4n) is 2.92. The van der Waals surface area contributed by atoms with Crippen molar-refractivity contribution in [3.05, 3.63) is 79.2 Å². The molecule has 0 aromatic carbocycles. The third kappa shape index (κ3) is 4.00. The average molecular weight is 361 g/mol. The van der Waals surface area contributed by atoms with Crippen LogP contribution in [0.15, 0.2) is 67.9 Å². The molecule has 0 N–H and O–H groups in total. The van der Waals surface area contributed by atoms with Gasteiger partial charge >= 0.3 is 0 Å². The fourth-order valence-corrected chi connectivity index (χ4v) is 2.92. The minimum absolute atomic E-state index is 0.108. The molecule has 0 fully saturated rings. The van der Waals surface area contributed by atoms with Crippen molar-refractivity contribution in [2.75, 3.05) is 6.54 Å². The molecule has 4 rings (SSSR count). The summed E-state index contributed by atoms with van der Waals surface area (Å²) >= 11 is 0. The Bertz CT molecular complexity index is 978. The number of fused-ring (bicyclic) bond motifs is 1. The molecule has 0 aliphatic carbocycles. The Morgan fingerprint density at radius 1 is 1.07 bits per heavy atom. The summed E-state index contributed by atoms with van der Waals surface area (Å²) in [4.78, 5) is 31.6. The van der Waals surface area contributed by atoms with Gasteiger partial charge in [0.2, 0.25) is 5.78 Å². The van der Waals surface area contributed by atoms with Crippen LogP contribution < -0.4 is 0 Å². The van der Waals surface area contributed by atoms with E-state index in [1.165, 1.54) is 0 Å². The van der Waals surface area contributed by atoms with E-state index in [1.807, 2.05) is 40.1 Å². The molecule has 4 aromatic heterocycles. The van der Waals surface area contributed by atoms with Gasteiger partial charge in [-0.25, -0.2) is 15.0 Å². The second kappa shape index (κ2) is 7.77. The van der Waals surface area contributed by atoms with E-state index in [9.17, 15) is 4.79 Å². The lowest BCUT2D eigenvalue weighted by molar-refractivity contribution is 0.0733. The van der Waals surface area contributed by atoms with Gasteiger partial charge in [-0.1, -0.05) is 0 Å². The van der Waals surface area contributed by atoms with Crippen LogP contribution in [0.4, 0.5) is 0 Å². The molecule has 0 bridgehead atoms. The lowest BCUT2D eigenvalue weighted by atomic mass is 10.2. The van der Waals surface area contributed by atoms with E-state index in [4.69, 9.17) is 0 Å². The van der Waals surface area contributed by atoms with Crippen molar-refractivity contribution >= 4 is 11.7 Å². The zero-order valence-electron chi connectivity index (χ0n) is 14.7. The van der Waals surface area contributed by atoms with Crippen LogP contribution >= 0.6 is 0 Å². The van der Waals surface area contributed by atoms with Crippen LogP contribution in [0.1, 0.15) is 22.5 Å². The van der Waals surface area contributed by atoms with Crippen LogP contribution in [0.5, 0.6) is 0 Å². The normalized spacial score (nSPS) is 11.0. The standard InChI is InChI=1S/C19H19N7O/c27-18(17-14-26-10-1-5-22-19(26)23-17)25(13-16-3-6-20-7-4-16)11-2-9-24-12-8-21-15-24/h1,3-8,10,12,14-15H,2,9,11,13H2. The molecule has 8 nitrogen and oxygen atoms in total. The number of hydrogen-bond donors (Lipinski definition) is 0. The number of imidazole rings is 2. The Hall–Kier alpha value is -3.55. The van der Waals surface area contributed by atoms with Crippen molar-refractivity contribution in [3.8, 4) is 0 Å². The summed E-state index contributed by atoms with van der Waals surface area (Å²) in [7, 11) is 0. The second-order valence-corrected chi connectivity index (χ2v) is 6.19. The Labute approximate surface area is 156 Å². The summed E-state index contributed by atoms with van der Waals surface area (Å²) in [5, 5.41) is 0. The zero-order valence-corrected chi connectivity index (χ0v) is 14.7. The molecule has 0 saturated carbocycles. The molecular weight excluding hydrogens is 342 g/mol. The van der Waals surface area contributed by atoms with Gasteiger partial charge in [0.15, 0.2) is 0 Å². The fraction of sp³-hybridized carbons (Fsp3) is 0.211. The molecule has 136 valence electrons. The van der Waals surface area contributed by atoms with E-state index in [2.05, 4.69) is 19.9 Å². The molecule has 0 aliphatic rings. The monoisotopic (exact) mass is 361 g/mol. The summed E-state index contributed by atoms with van der Waals surface area (Å²) in [6, 6.07) is 5.64. The Morgan fingerprint density at radius 2 is 1.96 bits per heavy atom. The number of aryl methyl sites for hydroxylation is 1. The predicted molar refractivity (Wildman–Crippen MR) is 98.8 cm³/mol. The third-order valence-corrected chi connectivity index (χ3v) is 4.27. The number of rotatable bonds is 7. The lowest BCUT2D eigenvalue weighted by Gasteiger charge is -2.22. The topological polar surface area (TPSA) is 81.2 Å². The number of carbonyl (C=O) groups is 1. The smallest absolute Gasteiger partial charge is 0.274 e. The molecule has 27 heavy (non-hydrogen) atoms. The average Bonchev–Trinajstić information content (AvgIpc) is 3.37. The van der Waals surface area contributed by atoms with E-state index >= 15 is 0 Å². The van der Waals surface area contributed by atoms with Crippen LogP contribution in [0, 0.1) is 0 Å². The SMILES string of the molecule is O=C(c1cn2cccnc2n1)N(CCCn1ccnc1)Cc1ccncc1. The highest BCUT2D eigenvalue weighted by Gasteiger charge is 2.19. The van der Waals surface area contributed by atoms with E-state index in [1.54, 1.807) is 41.7 Å². The third-order valence-electron chi connectivity index (χ3n) is 4.27. The predicted octanol–water partition coefficient (Wildman–Crippen LogP) is 2.05. The minimum Gasteiger partial charge on any atom is -0.337 e. The van der Waals surface area contributed by atoms with Gasteiger partial charge in [0.1, 0.15) is 5.69 Å². The highest BCUT2D eigenvalue weighted by atomic mass is 16.2. The summed E-state index contributed by atoms with van der Waals surface area (Å²) < 4.78 is 3.76. The van der Waals surface area contributed by atoms with Crippen molar-refractivity contribution in [3.63, 3.8) is 0 Å². The van der Waals surface area contributed by atoms with Gasteiger partial charge in [0, 0.05) is 63.0 Å². The second-order valence-electron chi connectivity index (χ2n) is 6.19. The molecule has 4 heterocycles. The van der Waals surface area contributed by atoms with E-state index in [0.717, 1.165) is 18.5 Å². The van der Waals surface area contributed by atoms with Crippen LogP contribution in [0.25, 0.3) is 5.78 Å². The van der Waals surface area contributed by atoms with E-state index in [-0.39, 0.29) is 5.91 Å². The summed E-state index contributed by atoms with van der Waals surface area (Å²) in [6.45, 7) is 1.92. The molecule has 0 radical (unpaired) electrons. The van der Waals surface area contributed by atoms with E-state index < -0.39 is 0 Å². The van der Waals surface area contributed by atoms with Gasteiger partial charge in [0.05, 0.1) is 6.33 Å². The van der Waals surface area contributed by atoms with Crippen LogP contribution in [0.2, 0.25) is 0 Å². The highest BCUT2D eigenvalue weighted by Crippen LogP contribution is 2.11. The largest absolute Gasteiger partial charge is 0.337 e. The first kappa shape index (κ1) is 16.9. The van der Waals surface area contributed by atoms with Crippen molar-refractivity contribution in [2.45, 2.75) is 19.5 Å². The Kier molecular flexibility index (Phi) is 4.86. The molecule has 0 unspecified atom stereocenters. The maximum atomic E-state index is 13.1. The Morgan fingerprint density at radius 3 is 2.74 bits per heavy atom. The highest BCUT2D eigenvalue weighted by molar-refractivity contribution is 5.92. The van der Waals surface area contributed by atoms with Crippen molar-refractivity contribution in [1.82, 2.24) is 33.8 Å². The van der Waals surface area contributed by atoms with E-state index in [0.29, 0.717) is 24.6 Å². The molecule has 1 amide bonds. The maximum Gasteiger partial charge on any atom is 0.274 e. The zero-order chi connectivity index (χ0) is 18.5. The number of nitrogens with zero attached hydrogens (tertiary/aromatic N) is 7. The summed E-state index contributed by atoms with van der Waals surface area (Å²) in [5.41, 5.74) is 1.42. The molecule has 4 aromatic rings. The van der Waals surface area contributed by atoms with Crippen molar-refractivity contribution in [1.29, 1.82) is 0 Å². The first-order chi connectivity index (χ1) is 13.3. The number of aromatic nitrogens is 6. The molecule has 0 saturated heterocycles. The molecule has 0 atom stereocenters. The summed E-state index contributed by atoms with van der Waals surface area (Å²) in [5.74, 6) is 0.408. The minimum atomic E-state index is -0.108. The van der Waals surface area contributed by atoms with Gasteiger partial charge in [-0.2, -0.15) is 0 Å². The van der Waals surface area contributed by atoms with Crippen LogP contribution in [-0.2, 0) is 13.1 Å². The first-order valence-corrected chi connectivity index (χ1v) is 8.73.